The maximum atomic E-state index is 12.6. The summed E-state index contributed by atoms with van der Waals surface area (Å²) >= 11 is 1.90. The molecule has 2 aromatic carbocycles. The Bertz CT molecular complexity index is 968. The first-order valence-corrected chi connectivity index (χ1v) is 9.16. The van der Waals surface area contributed by atoms with Crippen molar-refractivity contribution in [3.63, 3.8) is 0 Å². The second kappa shape index (κ2) is 8.38. The predicted octanol–water partition coefficient (Wildman–Crippen LogP) is 2.68. The Morgan fingerprint density at radius 3 is 2.36 bits per heavy atom. The molecule has 3 rings (SSSR count). The number of esters is 3. The van der Waals surface area contributed by atoms with E-state index in [2.05, 4.69) is 0 Å². The van der Waals surface area contributed by atoms with Crippen molar-refractivity contribution >= 4 is 46.5 Å². The summed E-state index contributed by atoms with van der Waals surface area (Å²) in [5.74, 6) is -3.46. The van der Waals surface area contributed by atoms with Crippen LogP contribution in [0.15, 0.2) is 42.5 Å². The molecule has 1 atom stereocenters. The molecule has 1 aliphatic heterocycles. The lowest BCUT2D eigenvalue weighted by Gasteiger charge is -2.12. The summed E-state index contributed by atoms with van der Waals surface area (Å²) in [6.07, 6.45) is -0.762. The van der Waals surface area contributed by atoms with Crippen molar-refractivity contribution in [1.29, 1.82) is 0 Å². The lowest BCUT2D eigenvalue weighted by molar-refractivity contribution is -0.145. The fourth-order valence-electron chi connectivity index (χ4n) is 2.49. The number of carboxylic acid groups (broad SMARTS) is 1. The summed E-state index contributed by atoms with van der Waals surface area (Å²) in [5.41, 5.74) is -0.192. The van der Waals surface area contributed by atoms with Crippen LogP contribution >= 0.6 is 22.6 Å². The number of hydrogen-bond acceptors (Lipinski definition) is 7. The molecule has 0 radical (unpaired) electrons. The zero-order valence-electron chi connectivity index (χ0n) is 14.2. The van der Waals surface area contributed by atoms with E-state index in [1.54, 1.807) is 0 Å². The number of carbonyl (C=O) groups excluding carboxylic acids is 3. The smallest absolute Gasteiger partial charge is 0.347 e. The number of cyclic esters (lactones) is 1. The summed E-state index contributed by atoms with van der Waals surface area (Å²) in [7, 11) is 0. The number of hydrogen-bond donors (Lipinski definition) is 1. The number of ether oxygens (including phenoxy) is 3. The van der Waals surface area contributed by atoms with Crippen molar-refractivity contribution in [2.24, 2.45) is 0 Å². The highest BCUT2D eigenvalue weighted by atomic mass is 127. The average Bonchev–Trinajstić information content (AvgIpc) is 3.07. The van der Waals surface area contributed by atoms with Gasteiger partial charge in [-0.1, -0.05) is 12.1 Å². The minimum absolute atomic E-state index is 0.0457. The fraction of sp³-hybridized carbons (Fsp3) is 0.158. The molecule has 1 fully saturated rings. The second-order valence-corrected chi connectivity index (χ2v) is 6.90. The summed E-state index contributed by atoms with van der Waals surface area (Å²) in [4.78, 5) is 47.6. The van der Waals surface area contributed by atoms with Crippen LogP contribution in [0.1, 0.15) is 37.5 Å². The van der Waals surface area contributed by atoms with Gasteiger partial charge in [-0.3, -0.25) is 0 Å². The molecule has 28 heavy (non-hydrogen) atoms. The highest BCUT2D eigenvalue weighted by Gasteiger charge is 2.32. The van der Waals surface area contributed by atoms with Crippen molar-refractivity contribution in [3.05, 3.63) is 62.7 Å². The standard InChI is InChI=1S/C19H13IO8/c20-13-6-5-10(16(21)22)9-15(13)28-18(24)12-4-2-1-3-11(12)17(23)27-14-7-8-26-19(14)25/h1-6,9,14H,7-8H2,(H,21,22). The molecule has 0 spiro atoms. The minimum Gasteiger partial charge on any atom is -0.478 e. The van der Waals surface area contributed by atoms with Gasteiger partial charge in [-0.05, 0) is 52.9 Å². The van der Waals surface area contributed by atoms with Crippen LogP contribution in [0.3, 0.4) is 0 Å². The van der Waals surface area contributed by atoms with Crippen LogP contribution in [0.4, 0.5) is 0 Å². The van der Waals surface area contributed by atoms with E-state index in [9.17, 15) is 19.2 Å². The van der Waals surface area contributed by atoms with E-state index in [0.717, 1.165) is 0 Å². The van der Waals surface area contributed by atoms with Crippen LogP contribution in [-0.2, 0) is 14.3 Å². The largest absolute Gasteiger partial charge is 0.478 e. The first kappa shape index (κ1) is 19.8. The number of benzene rings is 2. The molecule has 144 valence electrons. The van der Waals surface area contributed by atoms with Crippen molar-refractivity contribution in [2.45, 2.75) is 12.5 Å². The van der Waals surface area contributed by atoms with E-state index in [0.29, 0.717) is 3.57 Å². The van der Waals surface area contributed by atoms with Gasteiger partial charge in [0.05, 0.1) is 26.9 Å². The molecule has 9 heteroatoms. The first-order chi connectivity index (χ1) is 13.4. The molecular formula is C19H13IO8. The van der Waals surface area contributed by atoms with Crippen molar-refractivity contribution in [2.75, 3.05) is 6.61 Å². The van der Waals surface area contributed by atoms with E-state index < -0.39 is 30.0 Å². The fourth-order valence-corrected chi connectivity index (χ4v) is 2.93. The average molecular weight is 496 g/mol. The molecule has 1 saturated heterocycles. The van der Waals surface area contributed by atoms with Crippen LogP contribution in [0.25, 0.3) is 0 Å². The second-order valence-electron chi connectivity index (χ2n) is 5.74. The Balaban J connectivity index is 1.83. The first-order valence-electron chi connectivity index (χ1n) is 8.08. The Labute approximate surface area is 172 Å². The maximum absolute atomic E-state index is 12.6. The van der Waals surface area contributed by atoms with Gasteiger partial charge in [-0.2, -0.15) is 0 Å². The van der Waals surface area contributed by atoms with Gasteiger partial charge in [-0.15, -0.1) is 0 Å². The molecule has 1 unspecified atom stereocenters. The van der Waals surface area contributed by atoms with E-state index in [-0.39, 0.29) is 35.5 Å². The zero-order chi connectivity index (χ0) is 20.3. The Hall–Kier alpha value is -2.95. The van der Waals surface area contributed by atoms with Crippen LogP contribution in [0.5, 0.6) is 5.75 Å². The topological polar surface area (TPSA) is 116 Å². The molecule has 0 aliphatic carbocycles. The van der Waals surface area contributed by atoms with Gasteiger partial charge in [0.2, 0.25) is 6.10 Å². The summed E-state index contributed by atoms with van der Waals surface area (Å²) < 4.78 is 15.7. The quantitative estimate of drug-likeness (QED) is 0.382. The van der Waals surface area contributed by atoms with Crippen LogP contribution in [0, 0.1) is 3.57 Å². The SMILES string of the molecule is O=C(O)c1ccc(I)c(OC(=O)c2ccccc2C(=O)OC2CCOC2=O)c1. The molecule has 0 amide bonds. The van der Waals surface area contributed by atoms with Crippen LogP contribution in [-0.4, -0.2) is 41.7 Å². The monoisotopic (exact) mass is 496 g/mol. The number of carboxylic acids is 1. The molecule has 0 saturated carbocycles. The Morgan fingerprint density at radius 2 is 1.75 bits per heavy atom. The molecule has 0 bridgehead atoms. The highest BCUT2D eigenvalue weighted by molar-refractivity contribution is 14.1. The van der Waals surface area contributed by atoms with Gasteiger partial charge in [0.25, 0.3) is 0 Å². The zero-order valence-corrected chi connectivity index (χ0v) is 16.4. The van der Waals surface area contributed by atoms with Gasteiger partial charge in [0.15, 0.2) is 0 Å². The molecule has 1 heterocycles. The van der Waals surface area contributed by atoms with E-state index in [4.69, 9.17) is 19.3 Å². The van der Waals surface area contributed by atoms with E-state index in [1.165, 1.54) is 42.5 Å². The molecule has 2 aromatic rings. The Morgan fingerprint density at radius 1 is 1.07 bits per heavy atom. The normalized spacial score (nSPS) is 15.6. The minimum atomic E-state index is -1.17. The van der Waals surface area contributed by atoms with Crippen molar-refractivity contribution in [1.82, 2.24) is 0 Å². The predicted molar refractivity (Wildman–Crippen MR) is 102 cm³/mol. The molecule has 0 aromatic heterocycles. The summed E-state index contributed by atoms with van der Waals surface area (Å²) in [6, 6.07) is 9.92. The van der Waals surface area contributed by atoms with E-state index >= 15 is 0 Å². The van der Waals surface area contributed by atoms with Gasteiger partial charge >= 0.3 is 23.9 Å². The van der Waals surface area contributed by atoms with Gasteiger partial charge < -0.3 is 19.3 Å². The van der Waals surface area contributed by atoms with Crippen LogP contribution < -0.4 is 4.74 Å². The van der Waals surface area contributed by atoms with Crippen LogP contribution in [0.2, 0.25) is 0 Å². The lowest BCUT2D eigenvalue weighted by Crippen LogP contribution is -2.24. The molecular weight excluding hydrogens is 483 g/mol. The molecule has 1 aliphatic rings. The third kappa shape index (κ3) is 4.30. The third-order valence-electron chi connectivity index (χ3n) is 3.88. The summed E-state index contributed by atoms with van der Waals surface area (Å²) in [5, 5.41) is 9.08. The summed E-state index contributed by atoms with van der Waals surface area (Å²) in [6.45, 7) is 0.165. The van der Waals surface area contributed by atoms with Gasteiger partial charge in [0, 0.05) is 6.42 Å². The third-order valence-corrected chi connectivity index (χ3v) is 4.78. The van der Waals surface area contributed by atoms with Gasteiger partial charge in [-0.25, -0.2) is 19.2 Å². The van der Waals surface area contributed by atoms with Crippen molar-refractivity contribution in [3.8, 4) is 5.75 Å². The Kier molecular flexibility index (Phi) is 5.93. The number of aromatic carboxylic acids is 1. The lowest BCUT2D eigenvalue weighted by atomic mass is 10.1. The van der Waals surface area contributed by atoms with Gasteiger partial charge in [0.1, 0.15) is 5.75 Å². The number of rotatable bonds is 5. The number of halogens is 1. The number of carbonyl (C=O) groups is 4. The maximum Gasteiger partial charge on any atom is 0.347 e. The molecule has 1 N–H and O–H groups in total. The van der Waals surface area contributed by atoms with Crippen molar-refractivity contribution < 1.29 is 38.5 Å². The highest BCUT2D eigenvalue weighted by Crippen LogP contribution is 2.24. The molecule has 8 nitrogen and oxygen atoms in total. The van der Waals surface area contributed by atoms with E-state index in [1.807, 2.05) is 22.6 Å².